The largest absolute Gasteiger partial charge is 0.452 e. The Bertz CT molecular complexity index is 558. The van der Waals surface area contributed by atoms with E-state index in [1.54, 1.807) is 19.1 Å². The maximum atomic E-state index is 12.6. The molecule has 3 nitrogen and oxygen atoms in total. The van der Waals surface area contributed by atoms with Crippen LogP contribution in [0.1, 0.15) is 25.0 Å². The van der Waals surface area contributed by atoms with E-state index in [0.29, 0.717) is 0 Å². The Labute approximate surface area is 127 Å². The number of aliphatic hydroxyl groups is 1. The van der Waals surface area contributed by atoms with Crippen LogP contribution in [-0.4, -0.2) is 29.0 Å². The molecule has 9 heteroatoms. The fourth-order valence-corrected chi connectivity index (χ4v) is 1.71. The molecule has 0 aliphatic rings. The van der Waals surface area contributed by atoms with Crippen molar-refractivity contribution in [3.8, 4) is 0 Å². The highest BCUT2D eigenvalue weighted by Gasteiger charge is 2.77. The van der Waals surface area contributed by atoms with Crippen LogP contribution in [0.5, 0.6) is 0 Å². The standard InChI is InChI=1S/C14H14F6O3/c1-8-4-6-9(7-5-8)11(2,3)23-10(21)12(22,13(15,16)17)14(18,19)20/h4-7,22H,1-3H3. The summed E-state index contributed by atoms with van der Waals surface area (Å²) in [6, 6.07) is 5.88. The van der Waals surface area contributed by atoms with E-state index in [4.69, 9.17) is 5.11 Å². The third-order valence-corrected chi connectivity index (χ3v) is 3.21. The summed E-state index contributed by atoms with van der Waals surface area (Å²) < 4.78 is 80.0. The molecule has 0 amide bonds. The van der Waals surface area contributed by atoms with Crippen molar-refractivity contribution < 1.29 is 41.0 Å². The first-order valence-electron chi connectivity index (χ1n) is 6.29. The molecule has 1 rings (SSSR count). The van der Waals surface area contributed by atoms with Gasteiger partial charge in [-0.1, -0.05) is 29.8 Å². The van der Waals surface area contributed by atoms with Crippen molar-refractivity contribution in [1.29, 1.82) is 0 Å². The summed E-state index contributed by atoms with van der Waals surface area (Å²) in [6.45, 7) is 3.94. The van der Waals surface area contributed by atoms with Crippen molar-refractivity contribution in [2.24, 2.45) is 0 Å². The number of hydrogen-bond donors (Lipinski definition) is 1. The predicted octanol–water partition coefficient (Wildman–Crippen LogP) is 3.63. The molecular formula is C14H14F6O3. The van der Waals surface area contributed by atoms with Crippen molar-refractivity contribution >= 4 is 5.97 Å². The number of benzene rings is 1. The summed E-state index contributed by atoms with van der Waals surface area (Å²) in [7, 11) is 0. The minimum atomic E-state index is -6.27. The van der Waals surface area contributed by atoms with E-state index < -0.39 is 29.5 Å². The summed E-state index contributed by atoms with van der Waals surface area (Å²) in [4.78, 5) is 11.5. The minimum Gasteiger partial charge on any atom is -0.452 e. The molecule has 130 valence electrons. The van der Waals surface area contributed by atoms with Crippen LogP contribution in [0.25, 0.3) is 0 Å². The molecule has 0 atom stereocenters. The Kier molecular flexibility index (Phi) is 4.78. The molecule has 0 fully saturated rings. The number of hydrogen-bond acceptors (Lipinski definition) is 3. The number of ether oxygens (including phenoxy) is 1. The highest BCUT2D eigenvalue weighted by Crippen LogP contribution is 2.45. The maximum Gasteiger partial charge on any atom is 0.437 e. The Morgan fingerprint density at radius 1 is 0.957 bits per heavy atom. The van der Waals surface area contributed by atoms with Crippen LogP contribution in [-0.2, 0) is 15.1 Å². The van der Waals surface area contributed by atoms with E-state index in [-0.39, 0.29) is 5.56 Å². The van der Waals surface area contributed by atoms with E-state index >= 15 is 0 Å². The van der Waals surface area contributed by atoms with Crippen molar-refractivity contribution in [3.05, 3.63) is 35.4 Å². The molecule has 1 aromatic rings. The fraction of sp³-hybridized carbons (Fsp3) is 0.500. The van der Waals surface area contributed by atoms with Gasteiger partial charge in [-0.3, -0.25) is 0 Å². The molecule has 0 saturated carbocycles. The maximum absolute atomic E-state index is 12.6. The molecule has 0 radical (unpaired) electrons. The number of aryl methyl sites for hydroxylation is 1. The molecule has 1 N–H and O–H groups in total. The smallest absolute Gasteiger partial charge is 0.437 e. The van der Waals surface area contributed by atoms with Crippen LogP contribution < -0.4 is 0 Å². The first kappa shape index (κ1) is 19.3. The fourth-order valence-electron chi connectivity index (χ4n) is 1.71. The topological polar surface area (TPSA) is 46.5 Å². The van der Waals surface area contributed by atoms with Crippen LogP contribution in [0.2, 0.25) is 0 Å². The number of esters is 1. The van der Waals surface area contributed by atoms with Crippen molar-refractivity contribution in [2.45, 2.75) is 44.3 Å². The number of carbonyl (C=O) groups is 1. The van der Waals surface area contributed by atoms with Crippen molar-refractivity contribution in [1.82, 2.24) is 0 Å². The second-order valence-corrected chi connectivity index (χ2v) is 5.47. The van der Waals surface area contributed by atoms with Gasteiger partial charge in [0.2, 0.25) is 0 Å². The average Bonchev–Trinajstić information content (AvgIpc) is 2.34. The molecular weight excluding hydrogens is 330 g/mol. The molecule has 0 aliphatic heterocycles. The van der Waals surface area contributed by atoms with Gasteiger partial charge in [-0.2, -0.15) is 26.3 Å². The van der Waals surface area contributed by atoms with E-state index in [9.17, 15) is 31.1 Å². The molecule has 0 spiro atoms. The first-order chi connectivity index (χ1) is 10.1. The van der Waals surface area contributed by atoms with Crippen LogP contribution in [0, 0.1) is 6.92 Å². The summed E-state index contributed by atoms with van der Waals surface area (Å²) in [6.07, 6.45) is -12.5. The zero-order valence-electron chi connectivity index (χ0n) is 12.3. The van der Waals surface area contributed by atoms with Gasteiger partial charge in [-0.15, -0.1) is 0 Å². The Morgan fingerprint density at radius 2 is 1.35 bits per heavy atom. The lowest BCUT2D eigenvalue weighted by Crippen LogP contribution is -2.63. The first-order valence-corrected chi connectivity index (χ1v) is 6.29. The predicted molar refractivity (Wildman–Crippen MR) is 67.4 cm³/mol. The number of halogens is 6. The van der Waals surface area contributed by atoms with Gasteiger partial charge < -0.3 is 9.84 Å². The second-order valence-electron chi connectivity index (χ2n) is 5.47. The zero-order chi connectivity index (χ0) is 18.3. The third kappa shape index (κ3) is 3.60. The summed E-state index contributed by atoms with van der Waals surface area (Å²) in [5.41, 5.74) is -6.45. The van der Waals surface area contributed by atoms with Gasteiger partial charge in [0, 0.05) is 0 Å². The average molecular weight is 344 g/mol. The van der Waals surface area contributed by atoms with Crippen molar-refractivity contribution in [2.75, 3.05) is 0 Å². The number of alkyl halides is 6. The molecule has 0 heterocycles. The van der Waals surface area contributed by atoms with E-state index in [1.165, 1.54) is 12.1 Å². The molecule has 23 heavy (non-hydrogen) atoms. The molecule has 0 aliphatic carbocycles. The van der Waals surface area contributed by atoms with Gasteiger partial charge in [-0.25, -0.2) is 4.79 Å². The number of rotatable bonds is 3. The molecule has 0 aromatic heterocycles. The summed E-state index contributed by atoms with van der Waals surface area (Å²) in [5.74, 6) is -2.83. The summed E-state index contributed by atoms with van der Waals surface area (Å²) >= 11 is 0. The molecule has 0 bridgehead atoms. The minimum absolute atomic E-state index is 0.170. The Morgan fingerprint density at radius 3 is 1.70 bits per heavy atom. The zero-order valence-corrected chi connectivity index (χ0v) is 12.3. The van der Waals surface area contributed by atoms with Gasteiger partial charge in [0.25, 0.3) is 0 Å². The van der Waals surface area contributed by atoms with Crippen LogP contribution in [0.15, 0.2) is 24.3 Å². The Balaban J connectivity index is 3.19. The van der Waals surface area contributed by atoms with E-state index in [0.717, 1.165) is 19.4 Å². The van der Waals surface area contributed by atoms with E-state index in [2.05, 4.69) is 4.74 Å². The lowest BCUT2D eigenvalue weighted by atomic mass is 9.96. The SMILES string of the molecule is Cc1ccc(C(C)(C)OC(=O)C(O)(C(F)(F)F)C(F)(F)F)cc1. The highest BCUT2D eigenvalue weighted by molar-refractivity contribution is 5.82. The molecule has 0 saturated heterocycles. The van der Waals surface area contributed by atoms with Crippen LogP contribution in [0.4, 0.5) is 26.3 Å². The lowest BCUT2D eigenvalue weighted by Gasteiger charge is -2.34. The van der Waals surface area contributed by atoms with Crippen LogP contribution in [0.3, 0.4) is 0 Å². The van der Waals surface area contributed by atoms with Gasteiger partial charge in [0.15, 0.2) is 0 Å². The normalized spacial score (nSPS) is 13.8. The van der Waals surface area contributed by atoms with Gasteiger partial charge >= 0.3 is 23.9 Å². The lowest BCUT2D eigenvalue weighted by molar-refractivity contribution is -0.359. The van der Waals surface area contributed by atoms with Gasteiger partial charge in [0.05, 0.1) is 0 Å². The van der Waals surface area contributed by atoms with Gasteiger partial charge in [-0.05, 0) is 26.3 Å². The van der Waals surface area contributed by atoms with Crippen molar-refractivity contribution in [3.63, 3.8) is 0 Å². The highest BCUT2D eigenvalue weighted by atomic mass is 19.4. The summed E-state index contributed by atoms with van der Waals surface area (Å²) in [5, 5.41) is 8.98. The second kappa shape index (κ2) is 5.70. The van der Waals surface area contributed by atoms with Crippen LogP contribution >= 0.6 is 0 Å². The molecule has 0 unspecified atom stereocenters. The Hall–Kier alpha value is -1.77. The third-order valence-electron chi connectivity index (χ3n) is 3.21. The van der Waals surface area contributed by atoms with E-state index in [1.807, 2.05) is 0 Å². The number of carbonyl (C=O) groups excluding carboxylic acids is 1. The van der Waals surface area contributed by atoms with Gasteiger partial charge in [0.1, 0.15) is 5.60 Å². The monoisotopic (exact) mass is 344 g/mol. The quantitative estimate of drug-likeness (QED) is 0.673. The molecule has 1 aromatic carbocycles.